The lowest BCUT2D eigenvalue weighted by atomic mass is 10.0. The maximum Gasteiger partial charge on any atom is 0.329 e. The van der Waals surface area contributed by atoms with E-state index in [1.807, 2.05) is 24.3 Å². The minimum absolute atomic E-state index is 0.0458. The highest BCUT2D eigenvalue weighted by atomic mass is 35.5. The second kappa shape index (κ2) is 13.1. The van der Waals surface area contributed by atoms with Gasteiger partial charge in [-0.1, -0.05) is 23.7 Å². The van der Waals surface area contributed by atoms with Gasteiger partial charge >= 0.3 is 17.8 Å². The van der Waals surface area contributed by atoms with Crippen LogP contribution in [0.2, 0.25) is 5.02 Å². The molecule has 11 nitrogen and oxygen atoms in total. The third-order valence-electron chi connectivity index (χ3n) is 8.23. The van der Waals surface area contributed by atoms with Crippen molar-refractivity contribution in [3.63, 3.8) is 0 Å². The van der Waals surface area contributed by atoms with Crippen LogP contribution in [0.15, 0.2) is 42.5 Å². The summed E-state index contributed by atoms with van der Waals surface area (Å²) in [6.45, 7) is 8.71. The smallest absolute Gasteiger partial charge is 0.329 e. The van der Waals surface area contributed by atoms with Crippen LogP contribution in [0, 0.1) is 0 Å². The molecule has 44 heavy (non-hydrogen) atoms. The van der Waals surface area contributed by atoms with Crippen molar-refractivity contribution in [2.24, 2.45) is 0 Å². The molecule has 2 aromatic rings. The quantitative estimate of drug-likeness (QED) is 0.283. The van der Waals surface area contributed by atoms with Crippen molar-refractivity contribution < 1.29 is 28.7 Å². The van der Waals surface area contributed by atoms with E-state index in [9.17, 15) is 19.2 Å². The molecule has 0 unspecified atom stereocenters. The van der Waals surface area contributed by atoms with E-state index >= 15 is 0 Å². The second-order valence-corrected chi connectivity index (χ2v) is 12.9. The summed E-state index contributed by atoms with van der Waals surface area (Å²) in [4.78, 5) is 59.8. The summed E-state index contributed by atoms with van der Waals surface area (Å²) in [5.41, 5.74) is 7.49. The zero-order valence-electron chi connectivity index (χ0n) is 25.5. The number of halogens is 1. The first-order chi connectivity index (χ1) is 20.9. The van der Waals surface area contributed by atoms with E-state index in [1.54, 1.807) is 43.9 Å². The van der Waals surface area contributed by atoms with E-state index in [-0.39, 0.29) is 25.4 Å². The SMILES string of the molecule is CC(C)(C)OC(=O)[C@H](Cc1ccc(N2CCN(C3CCOCC3)CC2=O)cc1)N1CCN(c2cc(Cl)ccc2N)C(=O)C1=O. The number of carbonyl (C=O) groups is 4. The molecule has 12 heteroatoms. The van der Waals surface area contributed by atoms with Crippen LogP contribution >= 0.6 is 11.6 Å². The fourth-order valence-electron chi connectivity index (χ4n) is 5.98. The predicted octanol–water partition coefficient (Wildman–Crippen LogP) is 2.88. The molecule has 2 N–H and O–H groups in total. The van der Waals surface area contributed by atoms with Crippen molar-refractivity contribution in [3.05, 3.63) is 53.1 Å². The van der Waals surface area contributed by atoms with Crippen LogP contribution in [0.5, 0.6) is 0 Å². The lowest BCUT2D eigenvalue weighted by Crippen LogP contribution is -2.60. The molecule has 0 aromatic heterocycles. The van der Waals surface area contributed by atoms with Crippen molar-refractivity contribution in [2.75, 3.05) is 61.5 Å². The Labute approximate surface area is 262 Å². The van der Waals surface area contributed by atoms with E-state index in [2.05, 4.69) is 4.90 Å². The average molecular weight is 626 g/mol. The number of hydrogen-bond acceptors (Lipinski definition) is 8. The van der Waals surface area contributed by atoms with Crippen LogP contribution in [-0.4, -0.2) is 97.1 Å². The van der Waals surface area contributed by atoms with E-state index in [0.29, 0.717) is 35.5 Å². The maximum atomic E-state index is 13.4. The number of nitrogen functional groups attached to an aromatic ring is 1. The topological polar surface area (TPSA) is 126 Å². The van der Waals surface area contributed by atoms with Gasteiger partial charge in [-0.25, -0.2) is 4.79 Å². The summed E-state index contributed by atoms with van der Waals surface area (Å²) in [5.74, 6) is -2.18. The molecule has 3 amide bonds. The molecular weight excluding hydrogens is 586 g/mol. The molecule has 0 radical (unpaired) electrons. The Kier molecular flexibility index (Phi) is 9.48. The number of hydrogen-bond donors (Lipinski definition) is 1. The molecule has 0 aliphatic carbocycles. The van der Waals surface area contributed by atoms with Gasteiger partial charge in [-0.2, -0.15) is 0 Å². The summed E-state index contributed by atoms with van der Waals surface area (Å²) in [7, 11) is 0. The molecule has 3 aliphatic heterocycles. The van der Waals surface area contributed by atoms with Crippen LogP contribution in [0.4, 0.5) is 17.1 Å². The van der Waals surface area contributed by atoms with E-state index in [0.717, 1.165) is 43.9 Å². The lowest BCUT2D eigenvalue weighted by Gasteiger charge is -2.40. The van der Waals surface area contributed by atoms with Gasteiger partial charge in [-0.15, -0.1) is 0 Å². The monoisotopic (exact) mass is 625 g/mol. The summed E-state index contributed by atoms with van der Waals surface area (Å²) in [6.07, 6.45) is 2.02. The fourth-order valence-corrected chi connectivity index (χ4v) is 6.15. The molecule has 2 aromatic carbocycles. The maximum absolute atomic E-state index is 13.4. The molecule has 236 valence electrons. The van der Waals surface area contributed by atoms with Gasteiger partial charge in [-0.05, 0) is 69.5 Å². The van der Waals surface area contributed by atoms with Crippen LogP contribution in [0.1, 0.15) is 39.2 Å². The largest absolute Gasteiger partial charge is 0.458 e. The first-order valence-corrected chi connectivity index (χ1v) is 15.4. The Hall–Kier alpha value is -3.67. The van der Waals surface area contributed by atoms with Gasteiger partial charge in [-0.3, -0.25) is 19.3 Å². The van der Waals surface area contributed by atoms with E-state index in [4.69, 9.17) is 26.8 Å². The summed E-state index contributed by atoms with van der Waals surface area (Å²) < 4.78 is 11.2. The molecule has 5 rings (SSSR count). The van der Waals surface area contributed by atoms with Crippen LogP contribution in [0.3, 0.4) is 0 Å². The summed E-state index contributed by atoms with van der Waals surface area (Å²) in [6, 6.07) is 11.5. The Balaban J connectivity index is 1.30. The Morgan fingerprint density at radius 3 is 2.32 bits per heavy atom. The minimum atomic E-state index is -1.03. The van der Waals surface area contributed by atoms with Crippen molar-refractivity contribution in [3.8, 4) is 0 Å². The summed E-state index contributed by atoms with van der Waals surface area (Å²) in [5, 5.41) is 0.384. The van der Waals surface area contributed by atoms with Gasteiger partial charge in [0.2, 0.25) is 5.91 Å². The van der Waals surface area contributed by atoms with Crippen LogP contribution in [-0.2, 0) is 35.1 Å². The first kappa shape index (κ1) is 31.7. The number of nitrogens with two attached hydrogens (primary N) is 1. The van der Waals surface area contributed by atoms with Gasteiger partial charge in [0.15, 0.2) is 0 Å². The molecule has 0 bridgehead atoms. The number of amides is 3. The summed E-state index contributed by atoms with van der Waals surface area (Å²) >= 11 is 6.12. The average Bonchev–Trinajstić information content (AvgIpc) is 2.99. The number of nitrogens with zero attached hydrogens (tertiary/aromatic N) is 4. The van der Waals surface area contributed by atoms with Gasteiger partial charge in [0, 0.05) is 62.6 Å². The molecule has 0 saturated carbocycles. The van der Waals surface area contributed by atoms with Crippen LogP contribution in [0.25, 0.3) is 0 Å². The number of rotatable bonds is 7. The fraction of sp³-hybridized carbons (Fsp3) is 0.500. The number of carbonyl (C=O) groups excluding carboxylic acids is 4. The number of esters is 1. The van der Waals surface area contributed by atoms with Gasteiger partial charge < -0.3 is 29.9 Å². The number of benzene rings is 2. The van der Waals surface area contributed by atoms with Gasteiger partial charge in [0.1, 0.15) is 11.6 Å². The lowest BCUT2D eigenvalue weighted by molar-refractivity contribution is -0.166. The third kappa shape index (κ3) is 7.17. The Morgan fingerprint density at radius 2 is 1.66 bits per heavy atom. The molecule has 3 fully saturated rings. The highest BCUT2D eigenvalue weighted by Crippen LogP contribution is 2.30. The third-order valence-corrected chi connectivity index (χ3v) is 8.46. The van der Waals surface area contributed by atoms with Gasteiger partial charge in [0.05, 0.1) is 17.9 Å². The molecular formula is C32H40ClN5O6. The number of ether oxygens (including phenoxy) is 2. The number of piperazine rings is 2. The predicted molar refractivity (Wildman–Crippen MR) is 167 cm³/mol. The molecule has 3 saturated heterocycles. The minimum Gasteiger partial charge on any atom is -0.458 e. The number of anilines is 3. The van der Waals surface area contributed by atoms with Crippen LogP contribution < -0.4 is 15.5 Å². The standard InChI is InChI=1S/C32H40ClN5O6/c1-32(2,3)44-31(42)27(38-15-14-37(29(40)30(38)41)26-19-22(33)6-9-25(26)34)18-21-4-7-24(8-5-21)36-13-12-35(20-28(36)39)23-10-16-43-17-11-23/h4-9,19,23,27H,10-18,20,34H2,1-3H3/t27-/m0/s1. The zero-order valence-corrected chi connectivity index (χ0v) is 26.2. The zero-order chi connectivity index (χ0) is 31.6. The first-order valence-electron chi connectivity index (χ1n) is 15.0. The highest BCUT2D eigenvalue weighted by Gasteiger charge is 2.42. The highest BCUT2D eigenvalue weighted by molar-refractivity contribution is 6.41. The molecule has 1 atom stereocenters. The van der Waals surface area contributed by atoms with E-state index < -0.39 is 29.4 Å². The molecule has 3 aliphatic rings. The molecule has 3 heterocycles. The van der Waals surface area contributed by atoms with Crippen molar-refractivity contribution >= 4 is 52.4 Å². The Bertz CT molecular complexity index is 1400. The Morgan fingerprint density at radius 1 is 0.977 bits per heavy atom. The van der Waals surface area contributed by atoms with Crippen molar-refractivity contribution in [1.29, 1.82) is 0 Å². The second-order valence-electron chi connectivity index (χ2n) is 12.4. The van der Waals surface area contributed by atoms with Gasteiger partial charge in [0.25, 0.3) is 0 Å². The van der Waals surface area contributed by atoms with Crippen molar-refractivity contribution in [2.45, 2.75) is 57.7 Å². The normalized spacial score (nSPS) is 19.8. The van der Waals surface area contributed by atoms with E-state index in [1.165, 1.54) is 9.80 Å². The van der Waals surface area contributed by atoms with Crippen molar-refractivity contribution in [1.82, 2.24) is 9.80 Å². The molecule has 0 spiro atoms.